The number of ether oxygens (including phenoxy) is 2. The van der Waals surface area contributed by atoms with Crippen molar-refractivity contribution in [2.75, 3.05) is 26.4 Å². The molecule has 46 heavy (non-hydrogen) atoms. The van der Waals surface area contributed by atoms with Crippen molar-refractivity contribution in [3.05, 3.63) is 12.2 Å². The van der Waals surface area contributed by atoms with Gasteiger partial charge in [-0.3, -0.25) is 4.74 Å². The standard InChI is InChI=1S/C19H15F23O4/c1-8(5-43,6-44)7-45-4-2-3-9(20,21)10(22,23)11(24,25)12(26,27)13(28,29)14(30,31)15(32,33)19(41,42)46-16(34,17(35,36)37)18(38,39)40/h2-3,43-44H,4-7H2,1H3/b3-2+. The lowest BCUT2D eigenvalue weighted by Crippen LogP contribution is -2.75. The van der Waals surface area contributed by atoms with E-state index in [-0.39, 0.29) is 0 Å². The number of halogens is 23. The van der Waals surface area contributed by atoms with Gasteiger partial charge >= 0.3 is 65.8 Å². The number of aliphatic hydroxyl groups is 2. The van der Waals surface area contributed by atoms with Crippen molar-refractivity contribution in [2.24, 2.45) is 5.41 Å². The molecule has 0 aromatic rings. The molecule has 0 aliphatic heterocycles. The molecular formula is C19H15F23O4. The highest BCUT2D eigenvalue weighted by molar-refractivity contribution is 5.18. The topological polar surface area (TPSA) is 58.9 Å². The average Bonchev–Trinajstić information content (AvgIpc) is 2.85. The van der Waals surface area contributed by atoms with Crippen LogP contribution in [-0.2, 0) is 9.47 Å². The van der Waals surface area contributed by atoms with E-state index in [1.807, 2.05) is 0 Å². The lowest BCUT2D eigenvalue weighted by atomic mass is 9.88. The fourth-order valence-electron chi connectivity index (χ4n) is 2.51. The summed E-state index contributed by atoms with van der Waals surface area (Å²) in [4.78, 5) is 0. The van der Waals surface area contributed by atoms with Crippen molar-refractivity contribution in [1.29, 1.82) is 0 Å². The van der Waals surface area contributed by atoms with Gasteiger partial charge in [-0.05, 0) is 6.08 Å². The zero-order chi connectivity index (χ0) is 37.7. The molecule has 0 spiro atoms. The van der Waals surface area contributed by atoms with Crippen molar-refractivity contribution in [2.45, 2.75) is 72.7 Å². The Labute approximate surface area is 238 Å². The highest BCUT2D eigenvalue weighted by Gasteiger charge is 2.96. The van der Waals surface area contributed by atoms with Gasteiger partial charge in [0.1, 0.15) is 0 Å². The first kappa shape index (κ1) is 44.0. The third-order valence-corrected chi connectivity index (χ3v) is 5.51. The summed E-state index contributed by atoms with van der Waals surface area (Å²) in [6.07, 6.45) is -26.8. The van der Waals surface area contributed by atoms with Crippen LogP contribution < -0.4 is 0 Å². The van der Waals surface area contributed by atoms with Crippen molar-refractivity contribution >= 4 is 0 Å². The van der Waals surface area contributed by atoms with Gasteiger partial charge in [-0.25, -0.2) is 0 Å². The van der Waals surface area contributed by atoms with E-state index in [0.717, 1.165) is 11.7 Å². The first-order valence-corrected chi connectivity index (χ1v) is 10.8. The Hall–Kier alpha value is -2.03. The largest absolute Gasteiger partial charge is 0.458 e. The van der Waals surface area contributed by atoms with Crippen LogP contribution in [-0.4, -0.2) is 102 Å². The van der Waals surface area contributed by atoms with Gasteiger partial charge < -0.3 is 14.9 Å². The zero-order valence-corrected chi connectivity index (χ0v) is 21.4. The molecule has 0 rings (SSSR count). The van der Waals surface area contributed by atoms with Crippen LogP contribution >= 0.6 is 0 Å². The molecule has 4 nitrogen and oxygen atoms in total. The molecule has 0 atom stereocenters. The third-order valence-electron chi connectivity index (χ3n) is 5.51. The number of rotatable bonds is 16. The first-order chi connectivity index (χ1) is 19.8. The Kier molecular flexibility index (Phi) is 11.9. The van der Waals surface area contributed by atoms with E-state index in [4.69, 9.17) is 10.2 Å². The van der Waals surface area contributed by atoms with Gasteiger partial charge in [0.05, 0.1) is 26.4 Å². The zero-order valence-electron chi connectivity index (χ0n) is 21.4. The van der Waals surface area contributed by atoms with Crippen molar-refractivity contribution in [1.82, 2.24) is 0 Å². The molecule has 0 aliphatic rings. The van der Waals surface area contributed by atoms with Crippen LogP contribution in [0.3, 0.4) is 0 Å². The number of aliphatic hydroxyl groups excluding tert-OH is 2. The van der Waals surface area contributed by atoms with Crippen molar-refractivity contribution < 1.29 is 121 Å². The molecule has 27 heteroatoms. The molecule has 0 aromatic heterocycles. The molecule has 0 heterocycles. The van der Waals surface area contributed by atoms with E-state index in [1.54, 1.807) is 0 Å². The Balaban J connectivity index is 6.75. The van der Waals surface area contributed by atoms with Gasteiger partial charge in [0.2, 0.25) is 0 Å². The van der Waals surface area contributed by atoms with Crippen LogP contribution in [0.1, 0.15) is 6.92 Å². The van der Waals surface area contributed by atoms with Gasteiger partial charge in [0, 0.05) is 5.41 Å². The maximum absolute atomic E-state index is 13.9. The van der Waals surface area contributed by atoms with Crippen LogP contribution in [0.25, 0.3) is 0 Å². The van der Waals surface area contributed by atoms with Gasteiger partial charge in [0.25, 0.3) is 0 Å². The minimum absolute atomic E-state index is 0.472. The summed E-state index contributed by atoms with van der Waals surface area (Å²) >= 11 is 0. The molecule has 0 bridgehead atoms. The van der Waals surface area contributed by atoms with Gasteiger partial charge in [-0.15, -0.1) is 0 Å². The molecule has 0 aliphatic carbocycles. The average molecular weight is 744 g/mol. The minimum atomic E-state index is -9.27. The minimum Gasteiger partial charge on any atom is -0.396 e. The van der Waals surface area contributed by atoms with E-state index >= 15 is 0 Å². The predicted molar refractivity (Wildman–Crippen MR) is 98.8 cm³/mol. The molecule has 0 saturated carbocycles. The predicted octanol–water partition coefficient (Wildman–Crippen LogP) is 7.40. The number of hydrogen-bond acceptors (Lipinski definition) is 4. The fourth-order valence-corrected chi connectivity index (χ4v) is 2.51. The quantitative estimate of drug-likeness (QED) is 0.0984. The van der Waals surface area contributed by atoms with Gasteiger partial charge in [-0.1, -0.05) is 13.0 Å². The van der Waals surface area contributed by atoms with Crippen molar-refractivity contribution in [3.8, 4) is 0 Å². The summed E-state index contributed by atoms with van der Waals surface area (Å²) in [6.45, 7) is -3.06. The summed E-state index contributed by atoms with van der Waals surface area (Å²) in [7, 11) is 0. The fraction of sp³-hybridized carbons (Fsp3) is 0.895. The molecule has 0 aromatic carbocycles. The lowest BCUT2D eigenvalue weighted by Gasteiger charge is -2.44. The van der Waals surface area contributed by atoms with Crippen LogP contribution in [0.2, 0.25) is 0 Å². The number of alkyl halides is 23. The summed E-state index contributed by atoms with van der Waals surface area (Å²) < 4.78 is 312. The summed E-state index contributed by atoms with van der Waals surface area (Å²) in [5.74, 6) is -68.8. The van der Waals surface area contributed by atoms with E-state index in [0.29, 0.717) is 0 Å². The van der Waals surface area contributed by atoms with Crippen LogP contribution in [0, 0.1) is 5.41 Å². The van der Waals surface area contributed by atoms with E-state index < -0.39 is 110 Å². The molecule has 276 valence electrons. The number of allylic oxidation sites excluding steroid dienone is 1. The van der Waals surface area contributed by atoms with Gasteiger partial charge in [0.15, 0.2) is 0 Å². The summed E-state index contributed by atoms with van der Waals surface area (Å²) in [5, 5.41) is 17.9. The van der Waals surface area contributed by atoms with Crippen LogP contribution in [0.15, 0.2) is 12.2 Å². The van der Waals surface area contributed by atoms with Crippen LogP contribution in [0.4, 0.5) is 101 Å². The second-order valence-electron chi connectivity index (χ2n) is 9.32. The Bertz CT molecular complexity index is 1040. The van der Waals surface area contributed by atoms with E-state index in [9.17, 15) is 101 Å². The van der Waals surface area contributed by atoms with E-state index in [1.165, 1.54) is 0 Å². The second kappa shape index (κ2) is 12.5. The molecule has 2 N–H and O–H groups in total. The Morgan fingerprint density at radius 1 is 0.500 bits per heavy atom. The lowest BCUT2D eigenvalue weighted by molar-refractivity contribution is -0.527. The Morgan fingerprint density at radius 3 is 1.15 bits per heavy atom. The summed E-state index contributed by atoms with van der Waals surface area (Å²) in [6, 6.07) is 0. The molecule has 0 amide bonds. The Morgan fingerprint density at radius 2 is 0.826 bits per heavy atom. The monoisotopic (exact) mass is 744 g/mol. The van der Waals surface area contributed by atoms with E-state index in [2.05, 4.69) is 4.74 Å². The first-order valence-electron chi connectivity index (χ1n) is 10.8. The smallest absolute Gasteiger partial charge is 0.396 e. The number of hydrogen-bond donors (Lipinski definition) is 2. The van der Waals surface area contributed by atoms with Gasteiger partial charge in [-0.2, -0.15) is 101 Å². The normalized spacial score (nSPS) is 16.5. The highest BCUT2D eigenvalue weighted by atomic mass is 19.4. The third kappa shape index (κ3) is 6.91. The molecule has 0 fully saturated rings. The molecule has 0 saturated heterocycles. The SMILES string of the molecule is CC(CO)(CO)COC/C=C/C(F)(F)C(F)(F)C(F)(F)C(F)(F)C(F)(F)C(F)(F)C(F)(F)C(F)(F)OC(F)(C(F)(F)F)C(F)(F)F. The van der Waals surface area contributed by atoms with Crippen LogP contribution in [0.5, 0.6) is 0 Å². The molecule has 0 radical (unpaired) electrons. The highest BCUT2D eigenvalue weighted by Crippen LogP contribution is 2.65. The maximum atomic E-state index is 13.9. The molecule has 0 unspecified atom stereocenters. The maximum Gasteiger partial charge on any atom is 0.458 e. The second-order valence-corrected chi connectivity index (χ2v) is 9.32. The molecular weight excluding hydrogens is 729 g/mol. The van der Waals surface area contributed by atoms with Crippen molar-refractivity contribution in [3.63, 3.8) is 0 Å². The summed E-state index contributed by atoms with van der Waals surface area (Å²) in [5.41, 5.74) is -1.58.